The van der Waals surface area contributed by atoms with Crippen molar-refractivity contribution in [1.29, 1.82) is 0 Å². The molecule has 0 saturated heterocycles. The van der Waals surface area contributed by atoms with Crippen molar-refractivity contribution in [2.75, 3.05) is 19.6 Å². The zero-order valence-electron chi connectivity index (χ0n) is 25.1. The fourth-order valence-electron chi connectivity index (χ4n) is 4.94. The average molecular weight is 633 g/mol. The number of aryl methyl sites for hydroxylation is 1. The molecule has 45 heavy (non-hydrogen) atoms. The number of nitrogens with one attached hydrogen (secondary N) is 3. The molecular formula is C31H36N8O5S. The number of fused-ring (bicyclic) bond motifs is 4. The molecule has 4 aromatic rings. The number of carbonyl (C=O) groups excluding carboxylic acids is 4. The molecule has 0 radical (unpaired) electrons. The Labute approximate surface area is 264 Å². The Morgan fingerprint density at radius 3 is 2.64 bits per heavy atom. The van der Waals surface area contributed by atoms with Gasteiger partial charge in [0.15, 0.2) is 5.69 Å². The third-order valence-corrected chi connectivity index (χ3v) is 8.26. The van der Waals surface area contributed by atoms with Gasteiger partial charge in [-0.15, -0.1) is 11.3 Å². The van der Waals surface area contributed by atoms with Crippen LogP contribution in [0.3, 0.4) is 0 Å². The summed E-state index contributed by atoms with van der Waals surface area (Å²) in [5, 5.41) is 15.1. The maximum atomic E-state index is 13.4. The van der Waals surface area contributed by atoms with Crippen molar-refractivity contribution in [2.45, 2.75) is 51.7 Å². The molecule has 4 amide bonds. The second-order valence-electron chi connectivity index (χ2n) is 11.1. The minimum absolute atomic E-state index is 0.0315. The zero-order valence-corrected chi connectivity index (χ0v) is 26.0. The first-order chi connectivity index (χ1) is 21.8. The Kier molecular flexibility index (Phi) is 10.3. The van der Waals surface area contributed by atoms with Crippen molar-refractivity contribution in [2.24, 2.45) is 5.92 Å². The normalized spacial score (nSPS) is 18.1. The Bertz CT molecular complexity index is 1600. The number of amides is 4. The van der Waals surface area contributed by atoms with Gasteiger partial charge in [-0.05, 0) is 24.0 Å². The topological polar surface area (TPSA) is 164 Å². The molecule has 13 nitrogen and oxygen atoms in total. The molecule has 1 aliphatic rings. The summed E-state index contributed by atoms with van der Waals surface area (Å²) in [6.07, 6.45) is 5.85. The van der Waals surface area contributed by atoms with Crippen molar-refractivity contribution in [3.05, 3.63) is 88.3 Å². The molecule has 14 heteroatoms. The third kappa shape index (κ3) is 8.41. The lowest BCUT2D eigenvalue weighted by Crippen LogP contribution is -2.45. The zero-order chi connectivity index (χ0) is 31.8. The largest absolute Gasteiger partial charge is 0.446 e. The molecule has 2 atom stereocenters. The Morgan fingerprint density at radius 1 is 1.07 bits per heavy atom. The van der Waals surface area contributed by atoms with E-state index in [1.54, 1.807) is 16.3 Å². The maximum Gasteiger partial charge on any atom is 0.273 e. The van der Waals surface area contributed by atoms with Crippen LogP contribution in [-0.2, 0) is 22.6 Å². The molecule has 1 aliphatic heterocycles. The fourth-order valence-corrected chi connectivity index (χ4v) is 5.97. The van der Waals surface area contributed by atoms with Gasteiger partial charge in [-0.25, -0.2) is 9.97 Å². The molecule has 0 fully saturated rings. The van der Waals surface area contributed by atoms with Gasteiger partial charge in [-0.2, -0.15) is 5.10 Å². The van der Waals surface area contributed by atoms with Crippen LogP contribution in [0.4, 0.5) is 0 Å². The molecule has 236 valence electrons. The van der Waals surface area contributed by atoms with Gasteiger partial charge in [-0.3, -0.25) is 23.9 Å². The molecular weight excluding hydrogens is 596 g/mol. The van der Waals surface area contributed by atoms with Crippen molar-refractivity contribution in [1.82, 2.24) is 40.6 Å². The monoisotopic (exact) mass is 632 g/mol. The van der Waals surface area contributed by atoms with Crippen molar-refractivity contribution < 1.29 is 23.6 Å². The van der Waals surface area contributed by atoms with Crippen LogP contribution in [-0.4, -0.2) is 67.9 Å². The van der Waals surface area contributed by atoms with Crippen LogP contribution in [0.1, 0.15) is 76.2 Å². The van der Waals surface area contributed by atoms with Crippen LogP contribution in [0.5, 0.6) is 0 Å². The van der Waals surface area contributed by atoms with E-state index in [1.807, 2.05) is 56.4 Å². The van der Waals surface area contributed by atoms with Crippen LogP contribution < -0.4 is 16.0 Å². The van der Waals surface area contributed by atoms with E-state index < -0.39 is 23.9 Å². The summed E-state index contributed by atoms with van der Waals surface area (Å²) in [4.78, 5) is 63.3. The minimum atomic E-state index is -0.680. The van der Waals surface area contributed by atoms with Gasteiger partial charge < -0.3 is 25.3 Å². The Hall–Kier alpha value is -4.85. The van der Waals surface area contributed by atoms with Crippen molar-refractivity contribution in [3.63, 3.8) is 0 Å². The lowest BCUT2D eigenvalue weighted by atomic mass is 10.0. The van der Waals surface area contributed by atoms with Gasteiger partial charge in [0.05, 0.1) is 12.6 Å². The standard InChI is InChI=1S/C31H36N8O5S/c1-20(2)27-31-36-24(19-45-31)29(43)34-22(16-21-8-4-3-5-9-21)30-35-23(18-44-30)28(42)32-12-15-38(17-25(40)37-27)26(41)10-6-13-39-14-7-11-33-39/h3-5,7-9,11,14,18-20,22,27H,6,10,12-13,15-17H2,1-2H3,(H,32,42)(H,34,43)(H,37,40)/t22-,27-/m0/s1. The molecule has 4 heterocycles. The molecule has 3 N–H and O–H groups in total. The SMILES string of the molecule is CC(C)[C@@H]1NC(=O)CN(C(=O)CCCn2cccn2)CCNC(=O)c2coc(n2)[C@H](Cc2ccccc2)NC(=O)c2csc1n2. The number of thiazole rings is 1. The molecule has 0 spiro atoms. The van der Waals surface area contributed by atoms with Crippen LogP contribution in [0.2, 0.25) is 0 Å². The van der Waals surface area contributed by atoms with Gasteiger partial charge in [0.25, 0.3) is 11.8 Å². The fraction of sp³-hybridized carbons (Fsp3) is 0.387. The van der Waals surface area contributed by atoms with Crippen LogP contribution in [0.15, 0.2) is 64.9 Å². The van der Waals surface area contributed by atoms with Crippen LogP contribution in [0, 0.1) is 5.92 Å². The lowest BCUT2D eigenvalue weighted by Gasteiger charge is -2.25. The van der Waals surface area contributed by atoms with E-state index in [4.69, 9.17) is 4.42 Å². The molecule has 1 aromatic carbocycles. The predicted octanol–water partition coefficient (Wildman–Crippen LogP) is 2.91. The van der Waals surface area contributed by atoms with E-state index in [1.165, 1.54) is 22.5 Å². The first-order valence-electron chi connectivity index (χ1n) is 14.8. The second-order valence-corrected chi connectivity index (χ2v) is 12.0. The van der Waals surface area contributed by atoms with Crippen molar-refractivity contribution in [3.8, 4) is 0 Å². The summed E-state index contributed by atoms with van der Waals surface area (Å²) in [5.41, 5.74) is 1.15. The summed E-state index contributed by atoms with van der Waals surface area (Å²) in [5.74, 6) is -1.40. The number of aromatic nitrogens is 4. The quantitative estimate of drug-likeness (QED) is 0.280. The summed E-state index contributed by atoms with van der Waals surface area (Å²) in [6.45, 7) is 4.46. The highest BCUT2D eigenvalue weighted by atomic mass is 32.1. The van der Waals surface area contributed by atoms with Gasteiger partial charge >= 0.3 is 0 Å². The number of hydrogen-bond acceptors (Lipinski definition) is 9. The lowest BCUT2D eigenvalue weighted by molar-refractivity contribution is -0.136. The molecule has 3 aromatic heterocycles. The highest BCUT2D eigenvalue weighted by Gasteiger charge is 2.28. The van der Waals surface area contributed by atoms with E-state index in [-0.39, 0.29) is 61.1 Å². The van der Waals surface area contributed by atoms with E-state index in [0.717, 1.165) is 5.56 Å². The predicted molar refractivity (Wildman–Crippen MR) is 165 cm³/mol. The summed E-state index contributed by atoms with van der Waals surface area (Å²) in [7, 11) is 0. The van der Waals surface area contributed by atoms with Gasteiger partial charge in [0.1, 0.15) is 23.0 Å². The number of nitrogens with zero attached hydrogens (tertiary/aromatic N) is 5. The highest BCUT2D eigenvalue weighted by Crippen LogP contribution is 2.26. The maximum absolute atomic E-state index is 13.4. The van der Waals surface area contributed by atoms with Crippen molar-refractivity contribution >= 4 is 35.0 Å². The minimum Gasteiger partial charge on any atom is -0.446 e. The first-order valence-corrected chi connectivity index (χ1v) is 15.7. The molecule has 5 rings (SSSR count). The Balaban J connectivity index is 1.39. The van der Waals surface area contributed by atoms with E-state index >= 15 is 0 Å². The molecule has 4 bridgehead atoms. The molecule has 0 unspecified atom stereocenters. The number of oxazole rings is 1. The number of hydrogen-bond donors (Lipinski definition) is 3. The van der Waals surface area contributed by atoms with E-state index in [2.05, 4.69) is 31.0 Å². The smallest absolute Gasteiger partial charge is 0.273 e. The number of carbonyl (C=O) groups is 4. The number of benzene rings is 1. The highest BCUT2D eigenvalue weighted by molar-refractivity contribution is 7.09. The summed E-state index contributed by atoms with van der Waals surface area (Å²) >= 11 is 1.27. The van der Waals surface area contributed by atoms with E-state index in [0.29, 0.717) is 24.4 Å². The first kappa shape index (κ1) is 31.6. The molecule has 0 aliphatic carbocycles. The molecule has 0 saturated carbocycles. The van der Waals surface area contributed by atoms with Gasteiger partial charge in [-0.1, -0.05) is 44.2 Å². The average Bonchev–Trinajstić information content (AvgIpc) is 3.81. The van der Waals surface area contributed by atoms with E-state index in [9.17, 15) is 19.2 Å². The van der Waals surface area contributed by atoms with Crippen LogP contribution in [0.25, 0.3) is 0 Å². The van der Waals surface area contributed by atoms with Gasteiger partial charge in [0, 0.05) is 50.2 Å². The van der Waals surface area contributed by atoms with Crippen LogP contribution >= 0.6 is 11.3 Å². The summed E-state index contributed by atoms with van der Waals surface area (Å²) < 4.78 is 7.43. The second kappa shape index (κ2) is 14.8. The third-order valence-electron chi connectivity index (χ3n) is 7.34. The summed E-state index contributed by atoms with van der Waals surface area (Å²) in [6, 6.07) is 10.2. The Morgan fingerprint density at radius 2 is 1.89 bits per heavy atom. The number of rotatable bonds is 7. The van der Waals surface area contributed by atoms with Gasteiger partial charge in [0.2, 0.25) is 17.7 Å².